The van der Waals surface area contributed by atoms with Crippen LogP contribution < -0.4 is 15.4 Å². The van der Waals surface area contributed by atoms with Crippen molar-refractivity contribution in [1.82, 2.24) is 14.9 Å². The summed E-state index contributed by atoms with van der Waals surface area (Å²) in [5, 5.41) is 0. The number of hydrogen-bond donors (Lipinski definition) is 1. The SMILES string of the molecule is CC(C)Oc1ccnc(N2CCCN(CCCN)CC2)n1. The van der Waals surface area contributed by atoms with Crippen molar-refractivity contribution in [3.8, 4) is 5.88 Å². The van der Waals surface area contributed by atoms with Gasteiger partial charge < -0.3 is 20.3 Å². The summed E-state index contributed by atoms with van der Waals surface area (Å²) in [4.78, 5) is 13.6. The minimum Gasteiger partial charge on any atom is -0.475 e. The zero-order valence-corrected chi connectivity index (χ0v) is 13.2. The number of aromatic nitrogens is 2. The summed E-state index contributed by atoms with van der Waals surface area (Å²) < 4.78 is 5.65. The molecule has 1 fully saturated rings. The van der Waals surface area contributed by atoms with E-state index in [0.29, 0.717) is 5.88 Å². The van der Waals surface area contributed by atoms with Crippen LogP contribution in [-0.4, -0.2) is 60.2 Å². The summed E-state index contributed by atoms with van der Waals surface area (Å²) in [6.45, 7) is 9.96. The molecule has 21 heavy (non-hydrogen) atoms. The number of hydrogen-bond acceptors (Lipinski definition) is 6. The quantitative estimate of drug-likeness (QED) is 0.848. The lowest BCUT2D eigenvalue weighted by molar-refractivity contribution is 0.232. The van der Waals surface area contributed by atoms with Gasteiger partial charge in [0.2, 0.25) is 11.8 Å². The Bertz CT molecular complexity index is 426. The van der Waals surface area contributed by atoms with Crippen LogP contribution in [0.25, 0.3) is 0 Å². The lowest BCUT2D eigenvalue weighted by Crippen LogP contribution is -2.32. The molecular formula is C15H27N5O. The van der Waals surface area contributed by atoms with E-state index in [1.54, 1.807) is 6.20 Å². The maximum absolute atomic E-state index is 5.65. The average Bonchev–Trinajstić information content (AvgIpc) is 2.70. The molecule has 1 aromatic rings. The van der Waals surface area contributed by atoms with E-state index in [2.05, 4.69) is 19.8 Å². The fraction of sp³-hybridized carbons (Fsp3) is 0.733. The van der Waals surface area contributed by atoms with Crippen molar-refractivity contribution in [3.05, 3.63) is 12.3 Å². The van der Waals surface area contributed by atoms with Crippen LogP contribution in [0.15, 0.2) is 12.3 Å². The summed E-state index contributed by atoms with van der Waals surface area (Å²) in [5.74, 6) is 1.42. The van der Waals surface area contributed by atoms with Crippen LogP contribution in [0.5, 0.6) is 5.88 Å². The zero-order chi connectivity index (χ0) is 15.1. The van der Waals surface area contributed by atoms with E-state index in [0.717, 1.165) is 58.1 Å². The Morgan fingerprint density at radius 2 is 2.14 bits per heavy atom. The van der Waals surface area contributed by atoms with Crippen LogP contribution in [-0.2, 0) is 0 Å². The smallest absolute Gasteiger partial charge is 0.228 e. The first-order chi connectivity index (χ1) is 10.2. The molecule has 0 radical (unpaired) electrons. The highest BCUT2D eigenvalue weighted by Gasteiger charge is 2.17. The molecule has 0 amide bonds. The fourth-order valence-electron chi connectivity index (χ4n) is 2.50. The van der Waals surface area contributed by atoms with E-state index in [-0.39, 0.29) is 6.10 Å². The molecule has 0 atom stereocenters. The molecule has 0 aromatic carbocycles. The normalized spacial score (nSPS) is 17.0. The molecule has 0 saturated carbocycles. The number of anilines is 1. The second kappa shape index (κ2) is 8.14. The first kappa shape index (κ1) is 16.0. The van der Waals surface area contributed by atoms with Crippen molar-refractivity contribution in [1.29, 1.82) is 0 Å². The summed E-state index contributed by atoms with van der Waals surface area (Å²) in [5.41, 5.74) is 5.59. The van der Waals surface area contributed by atoms with Crippen molar-refractivity contribution >= 4 is 5.95 Å². The maximum atomic E-state index is 5.65. The van der Waals surface area contributed by atoms with Gasteiger partial charge in [0, 0.05) is 31.9 Å². The molecule has 1 aliphatic heterocycles. The Balaban J connectivity index is 1.95. The maximum Gasteiger partial charge on any atom is 0.228 e. The predicted molar refractivity (Wildman–Crippen MR) is 84.7 cm³/mol. The Hall–Kier alpha value is -1.40. The minimum atomic E-state index is 0.128. The topological polar surface area (TPSA) is 67.5 Å². The predicted octanol–water partition coefficient (Wildman–Crippen LogP) is 1.12. The van der Waals surface area contributed by atoms with E-state index in [9.17, 15) is 0 Å². The van der Waals surface area contributed by atoms with E-state index >= 15 is 0 Å². The number of ether oxygens (including phenoxy) is 1. The highest BCUT2D eigenvalue weighted by molar-refractivity contribution is 5.32. The van der Waals surface area contributed by atoms with Crippen LogP contribution >= 0.6 is 0 Å². The molecule has 0 unspecified atom stereocenters. The monoisotopic (exact) mass is 293 g/mol. The van der Waals surface area contributed by atoms with Gasteiger partial charge in [0.05, 0.1) is 6.10 Å². The third-order valence-corrected chi connectivity index (χ3v) is 3.52. The van der Waals surface area contributed by atoms with E-state index < -0.39 is 0 Å². The zero-order valence-electron chi connectivity index (χ0n) is 13.2. The standard InChI is InChI=1S/C15H27N5O/c1-13(2)21-14-5-7-17-15(18-14)20-10-4-9-19(11-12-20)8-3-6-16/h5,7,13H,3-4,6,8-12,16H2,1-2H3. The summed E-state index contributed by atoms with van der Waals surface area (Å²) >= 11 is 0. The van der Waals surface area contributed by atoms with Gasteiger partial charge >= 0.3 is 0 Å². The second-order valence-corrected chi connectivity index (χ2v) is 5.69. The Labute approximate surface area is 127 Å². The van der Waals surface area contributed by atoms with Gasteiger partial charge in [-0.1, -0.05) is 0 Å². The minimum absolute atomic E-state index is 0.128. The van der Waals surface area contributed by atoms with Crippen LogP contribution in [0.4, 0.5) is 5.95 Å². The van der Waals surface area contributed by atoms with Crippen molar-refractivity contribution in [2.24, 2.45) is 5.73 Å². The van der Waals surface area contributed by atoms with Gasteiger partial charge in [-0.15, -0.1) is 0 Å². The fourth-order valence-corrected chi connectivity index (χ4v) is 2.50. The van der Waals surface area contributed by atoms with Gasteiger partial charge in [-0.3, -0.25) is 0 Å². The Morgan fingerprint density at radius 1 is 1.29 bits per heavy atom. The molecule has 0 spiro atoms. The van der Waals surface area contributed by atoms with Crippen molar-refractivity contribution in [2.75, 3.05) is 44.2 Å². The van der Waals surface area contributed by atoms with Crippen molar-refractivity contribution in [2.45, 2.75) is 32.8 Å². The van der Waals surface area contributed by atoms with Crippen molar-refractivity contribution < 1.29 is 4.74 Å². The summed E-state index contributed by atoms with van der Waals surface area (Å²) in [7, 11) is 0. The molecule has 0 bridgehead atoms. The molecule has 2 N–H and O–H groups in total. The number of nitrogens with zero attached hydrogens (tertiary/aromatic N) is 4. The van der Waals surface area contributed by atoms with Crippen LogP contribution in [0.1, 0.15) is 26.7 Å². The van der Waals surface area contributed by atoms with Crippen LogP contribution in [0, 0.1) is 0 Å². The lowest BCUT2D eigenvalue weighted by Gasteiger charge is -2.22. The van der Waals surface area contributed by atoms with Gasteiger partial charge in [-0.2, -0.15) is 4.98 Å². The second-order valence-electron chi connectivity index (χ2n) is 5.69. The molecule has 2 heterocycles. The third-order valence-electron chi connectivity index (χ3n) is 3.52. The average molecular weight is 293 g/mol. The molecule has 6 nitrogen and oxygen atoms in total. The third kappa shape index (κ3) is 5.13. The number of rotatable bonds is 6. The largest absolute Gasteiger partial charge is 0.475 e. The Kier molecular flexibility index (Phi) is 6.20. The highest BCUT2D eigenvalue weighted by atomic mass is 16.5. The molecule has 0 aliphatic carbocycles. The van der Waals surface area contributed by atoms with E-state index in [1.165, 1.54) is 0 Å². The molecule has 2 rings (SSSR count). The number of nitrogens with two attached hydrogens (primary N) is 1. The van der Waals surface area contributed by atoms with Gasteiger partial charge in [-0.25, -0.2) is 4.98 Å². The van der Waals surface area contributed by atoms with Gasteiger partial charge in [0.25, 0.3) is 0 Å². The van der Waals surface area contributed by atoms with Gasteiger partial charge in [-0.05, 0) is 46.3 Å². The first-order valence-electron chi connectivity index (χ1n) is 7.86. The molecule has 118 valence electrons. The summed E-state index contributed by atoms with van der Waals surface area (Å²) in [6, 6.07) is 1.81. The first-order valence-corrected chi connectivity index (χ1v) is 7.86. The Morgan fingerprint density at radius 3 is 2.90 bits per heavy atom. The highest BCUT2D eigenvalue weighted by Crippen LogP contribution is 2.16. The molecule has 6 heteroatoms. The van der Waals surface area contributed by atoms with Crippen LogP contribution in [0.2, 0.25) is 0 Å². The van der Waals surface area contributed by atoms with E-state index in [4.69, 9.17) is 10.5 Å². The molecule has 1 saturated heterocycles. The van der Waals surface area contributed by atoms with Crippen molar-refractivity contribution in [3.63, 3.8) is 0 Å². The lowest BCUT2D eigenvalue weighted by atomic mass is 10.3. The van der Waals surface area contributed by atoms with Gasteiger partial charge in [0.15, 0.2) is 0 Å². The van der Waals surface area contributed by atoms with E-state index in [1.807, 2.05) is 19.9 Å². The molecule has 1 aromatic heterocycles. The summed E-state index contributed by atoms with van der Waals surface area (Å²) in [6.07, 6.45) is 4.10. The van der Waals surface area contributed by atoms with Crippen LogP contribution in [0.3, 0.4) is 0 Å². The molecular weight excluding hydrogens is 266 g/mol. The van der Waals surface area contributed by atoms with Gasteiger partial charge in [0.1, 0.15) is 0 Å². The molecule has 1 aliphatic rings.